The zero-order chi connectivity index (χ0) is 12.6. The van der Waals surface area contributed by atoms with Crippen LogP contribution in [0.25, 0.3) is 11.0 Å². The molecule has 0 atom stereocenters. The Bertz CT molecular complexity index is 689. The highest BCUT2D eigenvalue weighted by Crippen LogP contribution is 2.21. The number of aldehydes is 1. The number of benzene rings is 1. The largest absolute Gasteiger partial charge is 0.440 e. The first-order valence-corrected chi connectivity index (χ1v) is 4.50. The van der Waals surface area contributed by atoms with Crippen LogP contribution in [0.5, 0.6) is 0 Å². The number of nitro groups is 1. The van der Waals surface area contributed by atoms with Crippen LogP contribution in [-0.2, 0) is 0 Å². The topological polar surface area (TPSA) is 116 Å². The number of nitro benzene ring substituents is 1. The highest BCUT2D eigenvalue weighted by atomic mass is 16.6. The number of fused-ring (bicyclic) bond motifs is 1. The van der Waals surface area contributed by atoms with Crippen molar-refractivity contribution >= 4 is 28.8 Å². The van der Waals surface area contributed by atoms with E-state index in [0.29, 0.717) is 0 Å². The van der Waals surface area contributed by atoms with E-state index in [1.54, 1.807) is 0 Å². The quantitative estimate of drug-likeness (QED) is 0.472. The van der Waals surface area contributed by atoms with Crippen molar-refractivity contribution in [3.05, 3.63) is 44.1 Å². The third-order valence-corrected chi connectivity index (χ3v) is 2.27. The lowest BCUT2D eigenvalue weighted by Crippen LogP contribution is -2.11. The first kappa shape index (κ1) is 10.8. The van der Waals surface area contributed by atoms with E-state index >= 15 is 0 Å². The summed E-state index contributed by atoms with van der Waals surface area (Å²) in [5, 5.41) is 10.5. The van der Waals surface area contributed by atoms with Crippen LogP contribution in [0, 0.1) is 10.1 Å². The van der Waals surface area contributed by atoms with Gasteiger partial charge in [0.15, 0.2) is 6.29 Å². The predicted octanol–water partition coefficient (Wildman–Crippen LogP) is 1.10. The van der Waals surface area contributed by atoms with Crippen molar-refractivity contribution in [2.75, 3.05) is 5.73 Å². The van der Waals surface area contributed by atoms with Gasteiger partial charge in [-0.1, -0.05) is 0 Å². The summed E-state index contributed by atoms with van der Waals surface area (Å²) in [5.41, 5.74) is 4.19. The molecule has 1 heterocycles. The summed E-state index contributed by atoms with van der Waals surface area (Å²) in [6.07, 6.45) is 0.263. The molecule has 17 heavy (non-hydrogen) atoms. The van der Waals surface area contributed by atoms with Gasteiger partial charge in [0.1, 0.15) is 11.1 Å². The number of nitrogens with two attached hydrogens (primary N) is 1. The summed E-state index contributed by atoms with van der Waals surface area (Å²) in [7, 11) is 0. The molecule has 0 aliphatic heterocycles. The number of nitrogen functional groups attached to an aromatic ring is 1. The van der Waals surface area contributed by atoms with Crippen LogP contribution in [0.15, 0.2) is 27.4 Å². The van der Waals surface area contributed by atoms with E-state index in [0.717, 1.165) is 6.07 Å². The Balaban J connectivity index is 2.90. The molecule has 1 aromatic carbocycles. The van der Waals surface area contributed by atoms with Crippen molar-refractivity contribution < 1.29 is 14.1 Å². The molecule has 2 N–H and O–H groups in total. The Kier molecular flexibility index (Phi) is 2.36. The molecule has 2 aromatic rings. The van der Waals surface area contributed by atoms with E-state index < -0.39 is 10.4 Å². The molecule has 1 aromatic heterocycles. The van der Waals surface area contributed by atoms with Crippen LogP contribution in [0.3, 0.4) is 0 Å². The standard InChI is InChI=1S/C10H6N2O5/c11-10-7(4-13)9(14)6-3-5(12(15)16)1-2-8(6)17-10/h1-4H,11H2. The van der Waals surface area contributed by atoms with E-state index in [-0.39, 0.29) is 34.4 Å². The summed E-state index contributed by atoms with van der Waals surface area (Å²) in [4.78, 5) is 32.3. The van der Waals surface area contributed by atoms with Gasteiger partial charge in [0, 0.05) is 12.1 Å². The molecule has 0 aliphatic rings. The summed E-state index contributed by atoms with van der Waals surface area (Å²) < 4.78 is 5.02. The molecular formula is C10H6N2O5. The van der Waals surface area contributed by atoms with Gasteiger partial charge < -0.3 is 10.2 Å². The van der Waals surface area contributed by atoms with Gasteiger partial charge in [-0.05, 0) is 6.07 Å². The monoisotopic (exact) mass is 234 g/mol. The van der Waals surface area contributed by atoms with Gasteiger partial charge in [0.2, 0.25) is 11.3 Å². The third-order valence-electron chi connectivity index (χ3n) is 2.27. The minimum atomic E-state index is -0.678. The molecular weight excluding hydrogens is 228 g/mol. The van der Waals surface area contributed by atoms with Crippen LogP contribution >= 0.6 is 0 Å². The van der Waals surface area contributed by atoms with Crippen molar-refractivity contribution in [3.63, 3.8) is 0 Å². The lowest BCUT2D eigenvalue weighted by Gasteiger charge is -2.00. The highest BCUT2D eigenvalue weighted by Gasteiger charge is 2.14. The van der Waals surface area contributed by atoms with Gasteiger partial charge in [-0.2, -0.15) is 0 Å². The summed E-state index contributed by atoms with van der Waals surface area (Å²) in [6.45, 7) is 0. The molecule has 7 nitrogen and oxygen atoms in total. The van der Waals surface area contributed by atoms with Crippen LogP contribution in [0.2, 0.25) is 0 Å². The fourth-order valence-electron chi connectivity index (χ4n) is 1.44. The number of non-ortho nitro benzene ring substituents is 1. The number of anilines is 1. The Labute approximate surface area is 93.6 Å². The maximum atomic E-state index is 11.8. The zero-order valence-electron chi connectivity index (χ0n) is 8.38. The number of nitrogens with zero attached hydrogens (tertiary/aromatic N) is 1. The number of carbonyl (C=O) groups is 1. The number of hydrogen-bond donors (Lipinski definition) is 1. The highest BCUT2D eigenvalue weighted by molar-refractivity contribution is 5.89. The Morgan fingerprint density at radius 2 is 2.12 bits per heavy atom. The minimum Gasteiger partial charge on any atom is -0.440 e. The SMILES string of the molecule is Nc1oc2ccc([N+](=O)[O-])cc2c(=O)c1C=O. The average molecular weight is 234 g/mol. The second-order valence-electron chi connectivity index (χ2n) is 3.26. The van der Waals surface area contributed by atoms with Gasteiger partial charge in [0.25, 0.3) is 5.69 Å². The maximum Gasteiger partial charge on any atom is 0.270 e. The van der Waals surface area contributed by atoms with E-state index in [4.69, 9.17) is 10.2 Å². The summed E-state index contributed by atoms with van der Waals surface area (Å²) in [6, 6.07) is 3.50. The number of hydrogen-bond acceptors (Lipinski definition) is 6. The van der Waals surface area contributed by atoms with Crippen LogP contribution in [-0.4, -0.2) is 11.2 Å². The smallest absolute Gasteiger partial charge is 0.270 e. The fourth-order valence-corrected chi connectivity index (χ4v) is 1.44. The first-order chi connectivity index (χ1) is 8.04. The first-order valence-electron chi connectivity index (χ1n) is 4.50. The van der Waals surface area contributed by atoms with Crippen LogP contribution in [0.4, 0.5) is 11.6 Å². The number of carbonyl (C=O) groups excluding carboxylic acids is 1. The lowest BCUT2D eigenvalue weighted by atomic mass is 10.1. The molecule has 86 valence electrons. The third kappa shape index (κ3) is 1.63. The van der Waals surface area contributed by atoms with E-state index in [2.05, 4.69) is 0 Å². The molecule has 0 fully saturated rings. The second kappa shape index (κ2) is 3.71. The predicted molar refractivity (Wildman–Crippen MR) is 58.9 cm³/mol. The molecule has 0 amide bonds. The normalized spacial score (nSPS) is 10.4. The molecule has 2 rings (SSSR count). The van der Waals surface area contributed by atoms with E-state index in [9.17, 15) is 19.7 Å². The zero-order valence-corrected chi connectivity index (χ0v) is 8.38. The van der Waals surface area contributed by atoms with Gasteiger partial charge in [-0.15, -0.1) is 0 Å². The van der Waals surface area contributed by atoms with Crippen molar-refractivity contribution in [2.24, 2.45) is 0 Å². The summed E-state index contributed by atoms with van der Waals surface area (Å²) in [5.74, 6) is -0.300. The maximum absolute atomic E-state index is 11.8. The molecule has 0 saturated heterocycles. The molecule has 0 aliphatic carbocycles. The van der Waals surface area contributed by atoms with Crippen LogP contribution in [0.1, 0.15) is 10.4 Å². The molecule has 0 unspecified atom stereocenters. The molecule has 7 heteroatoms. The Morgan fingerprint density at radius 1 is 1.41 bits per heavy atom. The van der Waals surface area contributed by atoms with Gasteiger partial charge in [-0.25, -0.2) is 0 Å². The van der Waals surface area contributed by atoms with Gasteiger partial charge >= 0.3 is 0 Å². The Hall–Kier alpha value is -2.70. The van der Waals surface area contributed by atoms with Gasteiger partial charge in [0.05, 0.1) is 10.3 Å². The van der Waals surface area contributed by atoms with Gasteiger partial charge in [-0.3, -0.25) is 19.7 Å². The summed E-state index contributed by atoms with van der Waals surface area (Å²) >= 11 is 0. The van der Waals surface area contributed by atoms with Crippen molar-refractivity contribution in [2.45, 2.75) is 0 Å². The Morgan fingerprint density at radius 3 is 2.71 bits per heavy atom. The van der Waals surface area contributed by atoms with Crippen molar-refractivity contribution in [1.82, 2.24) is 0 Å². The second-order valence-corrected chi connectivity index (χ2v) is 3.26. The molecule has 0 radical (unpaired) electrons. The molecule has 0 spiro atoms. The fraction of sp³-hybridized carbons (Fsp3) is 0. The van der Waals surface area contributed by atoms with Crippen molar-refractivity contribution in [1.29, 1.82) is 0 Å². The van der Waals surface area contributed by atoms with Crippen molar-refractivity contribution in [3.8, 4) is 0 Å². The van der Waals surface area contributed by atoms with Crippen LogP contribution < -0.4 is 11.2 Å². The van der Waals surface area contributed by atoms with E-state index in [1.807, 2.05) is 0 Å². The average Bonchev–Trinajstić information content (AvgIpc) is 2.29. The van der Waals surface area contributed by atoms with E-state index in [1.165, 1.54) is 12.1 Å². The molecule has 0 bridgehead atoms. The number of rotatable bonds is 2. The lowest BCUT2D eigenvalue weighted by molar-refractivity contribution is -0.384. The molecule has 0 saturated carbocycles. The minimum absolute atomic E-state index is 0.0458.